The molecule has 2 aliphatic carbocycles. The molecule has 0 aromatic heterocycles. The molecule has 1 saturated carbocycles. The summed E-state index contributed by atoms with van der Waals surface area (Å²) in [7, 11) is 0. The van der Waals surface area contributed by atoms with Crippen LogP contribution in [0.15, 0.2) is 54.1 Å². The molecular formula is C33H42O9. The van der Waals surface area contributed by atoms with E-state index in [1.54, 1.807) is 69.3 Å². The van der Waals surface area contributed by atoms with E-state index in [2.05, 4.69) is 0 Å². The van der Waals surface area contributed by atoms with Gasteiger partial charge in [0.2, 0.25) is 0 Å². The third-order valence-electron chi connectivity index (χ3n) is 8.12. The summed E-state index contributed by atoms with van der Waals surface area (Å²) >= 11 is 0. The Labute approximate surface area is 247 Å². The fourth-order valence-electron chi connectivity index (χ4n) is 6.05. The van der Waals surface area contributed by atoms with Crippen molar-refractivity contribution in [2.45, 2.75) is 92.1 Å². The molecule has 228 valence electrons. The molecule has 2 aliphatic rings. The highest BCUT2D eigenvalue weighted by Gasteiger charge is 2.62. The Morgan fingerprint density at radius 2 is 1.50 bits per heavy atom. The van der Waals surface area contributed by atoms with Gasteiger partial charge in [-0.25, -0.2) is 4.79 Å². The molecule has 1 aromatic rings. The second-order valence-corrected chi connectivity index (χ2v) is 12.1. The predicted molar refractivity (Wildman–Crippen MR) is 154 cm³/mol. The number of ether oxygens (including phenoxy) is 4. The minimum Gasteiger partial charge on any atom is -0.458 e. The smallest absolute Gasteiger partial charge is 0.338 e. The highest BCUT2D eigenvalue weighted by Crippen LogP contribution is 2.51. The molecular weight excluding hydrogens is 540 g/mol. The summed E-state index contributed by atoms with van der Waals surface area (Å²) in [6, 6.07) is 8.52. The van der Waals surface area contributed by atoms with Gasteiger partial charge in [0.1, 0.15) is 24.1 Å². The number of ketones is 1. The molecule has 9 heteroatoms. The lowest BCUT2D eigenvalue weighted by atomic mass is 9.75. The topological polar surface area (TPSA) is 122 Å². The van der Waals surface area contributed by atoms with Crippen LogP contribution in [-0.4, -0.2) is 53.6 Å². The van der Waals surface area contributed by atoms with E-state index in [0.29, 0.717) is 11.1 Å². The number of hydrogen-bond acceptors (Lipinski definition) is 9. The molecule has 0 spiro atoms. The average molecular weight is 583 g/mol. The zero-order chi connectivity index (χ0) is 31.4. The van der Waals surface area contributed by atoms with Crippen molar-refractivity contribution >= 4 is 29.7 Å². The summed E-state index contributed by atoms with van der Waals surface area (Å²) in [5.41, 5.74) is -1.51. The monoisotopic (exact) mass is 582 g/mol. The molecule has 0 saturated heterocycles. The molecule has 0 amide bonds. The van der Waals surface area contributed by atoms with E-state index in [-0.39, 0.29) is 24.5 Å². The van der Waals surface area contributed by atoms with E-state index in [4.69, 9.17) is 18.9 Å². The van der Waals surface area contributed by atoms with Gasteiger partial charge in [-0.2, -0.15) is 0 Å². The van der Waals surface area contributed by atoms with E-state index in [1.807, 2.05) is 13.8 Å². The van der Waals surface area contributed by atoms with E-state index in [1.165, 1.54) is 20.8 Å². The lowest BCUT2D eigenvalue weighted by molar-refractivity contribution is -0.195. The van der Waals surface area contributed by atoms with Crippen molar-refractivity contribution in [3.05, 3.63) is 59.7 Å². The quantitative estimate of drug-likeness (QED) is 0.263. The van der Waals surface area contributed by atoms with Crippen LogP contribution in [0.2, 0.25) is 0 Å². The number of Topliss-reactive ketones (excluding diaryl/α,β-unsaturated/α-hetero) is 1. The predicted octanol–water partition coefficient (Wildman–Crippen LogP) is 5.17. The molecule has 0 heterocycles. The summed E-state index contributed by atoms with van der Waals surface area (Å²) in [4.78, 5) is 64.0. The number of carbonyl (C=O) groups is 5. The third kappa shape index (κ3) is 7.36. The van der Waals surface area contributed by atoms with Crippen molar-refractivity contribution in [1.29, 1.82) is 0 Å². The molecule has 1 fully saturated rings. The van der Waals surface area contributed by atoms with Crippen molar-refractivity contribution in [2.24, 2.45) is 23.2 Å². The van der Waals surface area contributed by atoms with Crippen molar-refractivity contribution in [2.75, 3.05) is 0 Å². The molecule has 1 aromatic carbocycles. The molecule has 0 radical (unpaired) electrons. The first-order chi connectivity index (χ1) is 19.6. The second-order valence-electron chi connectivity index (χ2n) is 12.1. The van der Waals surface area contributed by atoms with Crippen LogP contribution in [0.3, 0.4) is 0 Å². The van der Waals surface area contributed by atoms with Crippen molar-refractivity contribution in [3.63, 3.8) is 0 Å². The van der Waals surface area contributed by atoms with Crippen LogP contribution in [-0.2, 0) is 38.1 Å². The van der Waals surface area contributed by atoms with Crippen LogP contribution < -0.4 is 0 Å². The van der Waals surface area contributed by atoms with Gasteiger partial charge in [-0.05, 0) is 50.8 Å². The Balaban J connectivity index is 2.29. The zero-order valence-corrected chi connectivity index (χ0v) is 25.7. The molecule has 9 nitrogen and oxygen atoms in total. The molecule has 42 heavy (non-hydrogen) atoms. The van der Waals surface area contributed by atoms with Gasteiger partial charge in [0.15, 0.2) is 5.60 Å². The van der Waals surface area contributed by atoms with Gasteiger partial charge in [-0.1, -0.05) is 50.3 Å². The van der Waals surface area contributed by atoms with E-state index in [9.17, 15) is 24.0 Å². The lowest BCUT2D eigenvalue weighted by Crippen LogP contribution is -2.55. The molecule has 0 unspecified atom stereocenters. The summed E-state index contributed by atoms with van der Waals surface area (Å²) in [5.74, 6) is -4.12. The average Bonchev–Trinajstić information content (AvgIpc) is 3.14. The Morgan fingerprint density at radius 3 is 2.07 bits per heavy atom. The number of allylic oxidation sites excluding steroid dienone is 1. The first kappa shape index (κ1) is 32.8. The van der Waals surface area contributed by atoms with Gasteiger partial charge in [0.25, 0.3) is 0 Å². The van der Waals surface area contributed by atoms with Crippen molar-refractivity contribution < 1.29 is 42.9 Å². The van der Waals surface area contributed by atoms with Gasteiger partial charge >= 0.3 is 23.9 Å². The van der Waals surface area contributed by atoms with Gasteiger partial charge < -0.3 is 18.9 Å². The van der Waals surface area contributed by atoms with Crippen LogP contribution in [0.4, 0.5) is 0 Å². The Morgan fingerprint density at radius 1 is 0.881 bits per heavy atom. The third-order valence-corrected chi connectivity index (χ3v) is 8.12. The molecule has 3 rings (SSSR count). The molecule has 0 aliphatic heterocycles. The summed E-state index contributed by atoms with van der Waals surface area (Å²) in [6.45, 7) is 12.8. The van der Waals surface area contributed by atoms with E-state index >= 15 is 0 Å². The largest absolute Gasteiger partial charge is 0.458 e. The maximum atomic E-state index is 13.4. The summed E-state index contributed by atoms with van der Waals surface area (Å²) < 4.78 is 23.8. The fourth-order valence-corrected chi connectivity index (χ4v) is 6.05. The number of carbonyl (C=O) groups excluding carboxylic acids is 5. The number of rotatable bonds is 5. The lowest BCUT2D eigenvalue weighted by Gasteiger charge is -2.43. The minimum absolute atomic E-state index is 0.0850. The van der Waals surface area contributed by atoms with E-state index in [0.717, 1.165) is 0 Å². The van der Waals surface area contributed by atoms with Gasteiger partial charge in [-0.3, -0.25) is 19.2 Å². The molecule has 7 atom stereocenters. The van der Waals surface area contributed by atoms with Crippen LogP contribution >= 0.6 is 0 Å². The van der Waals surface area contributed by atoms with Crippen LogP contribution in [0, 0.1) is 23.2 Å². The Hall–Kier alpha value is -3.75. The highest BCUT2D eigenvalue weighted by molar-refractivity contribution is 5.89. The van der Waals surface area contributed by atoms with Crippen LogP contribution in [0.25, 0.3) is 0 Å². The van der Waals surface area contributed by atoms with Gasteiger partial charge in [0.05, 0.1) is 11.5 Å². The van der Waals surface area contributed by atoms with Crippen molar-refractivity contribution in [1.82, 2.24) is 0 Å². The van der Waals surface area contributed by atoms with Crippen LogP contribution in [0.5, 0.6) is 0 Å². The normalized spacial score (nSPS) is 31.0. The summed E-state index contributed by atoms with van der Waals surface area (Å²) in [6.07, 6.45) is 2.67. The maximum absolute atomic E-state index is 13.4. The van der Waals surface area contributed by atoms with Gasteiger partial charge in [-0.15, -0.1) is 0 Å². The zero-order valence-electron chi connectivity index (χ0n) is 25.7. The Kier molecular flexibility index (Phi) is 10.2. The highest BCUT2D eigenvalue weighted by atomic mass is 16.6. The first-order valence-electron chi connectivity index (χ1n) is 14.3. The molecule has 0 N–H and O–H groups in total. The van der Waals surface area contributed by atoms with Crippen LogP contribution in [0.1, 0.15) is 78.6 Å². The second kappa shape index (κ2) is 13.0. The number of esters is 4. The summed E-state index contributed by atoms with van der Waals surface area (Å²) in [5, 5.41) is 0. The first-order valence-corrected chi connectivity index (χ1v) is 14.3. The SMILES string of the molecule is CC(=O)O[C@@H]1CC(=O)C(C)(C)C=C[C@@H](C)[C@H](OC(C)=O)[C@@]2(OC(C)=O)C[C@@H](C)[C@H](OC(=O)c3ccccc3)[C@@H]2C=C1C. The minimum atomic E-state index is -1.45. The standard InChI is InChI=1S/C33H42O9/c1-19-14-15-32(7,8)28(37)17-27(39-22(4)34)20(2)16-26-29(41-31(38)25-12-10-9-11-13-25)21(3)18-33(26,42-24(6)36)30(19)40-23(5)35/h9-16,19,21,26-27,29-30H,17-18H2,1-8H3/t19-,21-,26+,27-,29+,30+,33-/m1/s1. The number of fused-ring (bicyclic) bond motifs is 1. The Bertz CT molecular complexity index is 1260. The molecule has 0 bridgehead atoms. The van der Waals surface area contributed by atoms with Crippen molar-refractivity contribution in [3.8, 4) is 0 Å². The number of hydrogen-bond donors (Lipinski definition) is 0. The van der Waals surface area contributed by atoms with E-state index < -0.39 is 65.0 Å². The number of benzene rings is 1. The fraction of sp³-hybridized carbons (Fsp3) is 0.545. The maximum Gasteiger partial charge on any atom is 0.338 e. The van der Waals surface area contributed by atoms with Gasteiger partial charge in [0, 0.05) is 38.5 Å².